The van der Waals surface area contributed by atoms with Crippen LogP contribution in [0.15, 0.2) is 53.7 Å². The molecule has 0 spiro atoms. The van der Waals surface area contributed by atoms with Crippen LogP contribution in [0.1, 0.15) is 55.4 Å². The molecule has 3 N–H and O–H groups in total. The normalized spacial score (nSPS) is 11.9. The summed E-state index contributed by atoms with van der Waals surface area (Å²) in [5, 5.41) is 10.8. The number of benzene rings is 2. The summed E-state index contributed by atoms with van der Waals surface area (Å²) in [5.74, 6) is 7.32. The zero-order chi connectivity index (χ0) is 23.3. The number of nitrogens with two attached hydrogens (primary N) is 1. The van der Waals surface area contributed by atoms with Gasteiger partial charge in [-0.3, -0.25) is 9.59 Å². The molecule has 2 aromatic carbocycles. The number of nitrogens with zero attached hydrogens (tertiary/aromatic N) is 3. The van der Waals surface area contributed by atoms with Gasteiger partial charge in [0.2, 0.25) is 11.1 Å². The SMILES string of the molecule is CC(=O)c1ccccc1NC(=O)C(C)Sc1nnc(COc2ccc(C(C)C)cc2)n1N. The van der Waals surface area contributed by atoms with Gasteiger partial charge >= 0.3 is 0 Å². The lowest BCUT2D eigenvalue weighted by Gasteiger charge is -2.13. The molecule has 32 heavy (non-hydrogen) atoms. The number of hydrogen-bond acceptors (Lipinski definition) is 7. The quantitative estimate of drug-likeness (QED) is 0.286. The van der Waals surface area contributed by atoms with Gasteiger partial charge in [0.15, 0.2) is 11.6 Å². The third kappa shape index (κ3) is 5.67. The topological polar surface area (TPSA) is 112 Å². The van der Waals surface area contributed by atoms with Gasteiger partial charge in [-0.1, -0.05) is 49.9 Å². The number of aromatic nitrogens is 3. The maximum absolute atomic E-state index is 12.6. The zero-order valence-corrected chi connectivity index (χ0v) is 19.3. The van der Waals surface area contributed by atoms with E-state index in [2.05, 4.69) is 29.4 Å². The Bertz CT molecular complexity index is 1100. The van der Waals surface area contributed by atoms with Gasteiger partial charge in [-0.2, -0.15) is 0 Å². The van der Waals surface area contributed by atoms with Gasteiger partial charge in [0.05, 0.1) is 10.9 Å². The monoisotopic (exact) mass is 453 g/mol. The van der Waals surface area contributed by atoms with Gasteiger partial charge in [0, 0.05) is 5.56 Å². The molecule has 0 aliphatic heterocycles. The van der Waals surface area contributed by atoms with E-state index < -0.39 is 5.25 Å². The minimum atomic E-state index is -0.515. The van der Waals surface area contributed by atoms with Crippen LogP contribution in [-0.2, 0) is 11.4 Å². The van der Waals surface area contributed by atoms with Crippen LogP contribution in [0.25, 0.3) is 0 Å². The maximum Gasteiger partial charge on any atom is 0.237 e. The second kappa shape index (κ2) is 10.3. The first-order valence-corrected chi connectivity index (χ1v) is 11.1. The van der Waals surface area contributed by atoms with Gasteiger partial charge in [0.25, 0.3) is 0 Å². The molecule has 0 saturated heterocycles. The summed E-state index contributed by atoms with van der Waals surface area (Å²) in [7, 11) is 0. The summed E-state index contributed by atoms with van der Waals surface area (Å²) >= 11 is 1.17. The smallest absolute Gasteiger partial charge is 0.237 e. The molecule has 0 aliphatic rings. The third-order valence-electron chi connectivity index (χ3n) is 4.87. The standard InChI is InChI=1S/C23H27N5O3S/c1-14(2)17-9-11-18(12-10-17)31-13-21-26-27-23(28(21)24)32-16(4)22(30)25-20-8-6-5-7-19(20)15(3)29/h5-12,14,16H,13,24H2,1-4H3,(H,25,30). The van der Waals surface area contributed by atoms with Crippen molar-refractivity contribution in [2.75, 3.05) is 11.2 Å². The molecule has 168 valence electrons. The first kappa shape index (κ1) is 23.3. The summed E-state index contributed by atoms with van der Waals surface area (Å²) in [5.41, 5.74) is 2.17. The molecule has 9 heteroatoms. The molecule has 1 unspecified atom stereocenters. The summed E-state index contributed by atoms with van der Waals surface area (Å²) in [6.45, 7) is 7.61. The summed E-state index contributed by atoms with van der Waals surface area (Å²) in [6, 6.07) is 14.8. The fourth-order valence-corrected chi connectivity index (χ4v) is 3.72. The van der Waals surface area contributed by atoms with Gasteiger partial charge in [0.1, 0.15) is 12.4 Å². The highest BCUT2D eigenvalue weighted by Crippen LogP contribution is 2.24. The van der Waals surface area contributed by atoms with Crippen LogP contribution < -0.4 is 15.9 Å². The van der Waals surface area contributed by atoms with Crippen LogP contribution >= 0.6 is 11.8 Å². The number of ketones is 1. The predicted octanol–water partition coefficient (Wildman–Crippen LogP) is 4.02. The molecule has 1 atom stereocenters. The second-order valence-electron chi connectivity index (χ2n) is 7.63. The van der Waals surface area contributed by atoms with Crippen molar-refractivity contribution in [3.05, 3.63) is 65.5 Å². The predicted molar refractivity (Wildman–Crippen MR) is 125 cm³/mol. The van der Waals surface area contributed by atoms with E-state index >= 15 is 0 Å². The molecule has 1 heterocycles. The van der Waals surface area contributed by atoms with Crippen LogP contribution in [0.3, 0.4) is 0 Å². The maximum atomic E-state index is 12.6. The summed E-state index contributed by atoms with van der Waals surface area (Å²) in [4.78, 5) is 24.4. The lowest BCUT2D eigenvalue weighted by molar-refractivity contribution is -0.115. The molecular formula is C23H27N5O3S. The highest BCUT2D eigenvalue weighted by atomic mass is 32.2. The van der Waals surface area contributed by atoms with Crippen molar-refractivity contribution in [2.45, 2.75) is 50.6 Å². The molecule has 1 amide bonds. The van der Waals surface area contributed by atoms with E-state index in [9.17, 15) is 9.59 Å². The molecule has 0 aliphatic carbocycles. The average molecular weight is 454 g/mol. The number of nitrogen functional groups attached to an aromatic ring is 1. The molecule has 1 aromatic heterocycles. The largest absolute Gasteiger partial charge is 0.486 e. The summed E-state index contributed by atoms with van der Waals surface area (Å²) < 4.78 is 7.08. The van der Waals surface area contributed by atoms with E-state index in [0.717, 1.165) is 0 Å². The lowest BCUT2D eigenvalue weighted by Crippen LogP contribution is -2.24. The minimum absolute atomic E-state index is 0.119. The number of rotatable bonds is 9. The number of nitrogens with one attached hydrogen (secondary N) is 1. The zero-order valence-electron chi connectivity index (χ0n) is 18.5. The van der Waals surface area contributed by atoms with Crippen LogP contribution in [0.5, 0.6) is 5.75 Å². The number of para-hydroxylation sites is 1. The molecule has 0 fully saturated rings. The van der Waals surface area contributed by atoms with Crippen LogP contribution in [-0.4, -0.2) is 31.8 Å². The Labute approximate surface area is 191 Å². The number of carbonyl (C=O) groups excluding carboxylic acids is 2. The molecule has 0 bridgehead atoms. The number of hydrogen-bond donors (Lipinski definition) is 2. The lowest BCUT2D eigenvalue weighted by atomic mass is 10.0. The Kier molecular flexibility index (Phi) is 7.53. The number of carbonyl (C=O) groups is 2. The highest BCUT2D eigenvalue weighted by Gasteiger charge is 2.21. The first-order valence-electron chi connectivity index (χ1n) is 10.3. The highest BCUT2D eigenvalue weighted by molar-refractivity contribution is 8.00. The van der Waals surface area contributed by atoms with E-state index in [1.54, 1.807) is 31.2 Å². The Hall–Kier alpha value is -3.33. The van der Waals surface area contributed by atoms with Crippen molar-refractivity contribution in [1.29, 1.82) is 0 Å². The number of ether oxygens (including phenoxy) is 1. The van der Waals surface area contributed by atoms with Crippen molar-refractivity contribution in [1.82, 2.24) is 14.9 Å². The van der Waals surface area contributed by atoms with Gasteiger partial charge in [-0.25, -0.2) is 4.68 Å². The molecule has 8 nitrogen and oxygen atoms in total. The molecule has 0 radical (unpaired) electrons. The third-order valence-corrected chi connectivity index (χ3v) is 5.92. The van der Waals surface area contributed by atoms with Crippen LogP contribution in [0.4, 0.5) is 5.69 Å². The number of amides is 1. The van der Waals surface area contributed by atoms with Crippen LogP contribution in [0, 0.1) is 0 Å². The van der Waals surface area contributed by atoms with E-state index in [0.29, 0.717) is 33.9 Å². The first-order chi connectivity index (χ1) is 15.3. The van der Waals surface area contributed by atoms with Crippen LogP contribution in [0.2, 0.25) is 0 Å². The van der Waals surface area contributed by atoms with Crippen molar-refractivity contribution in [2.24, 2.45) is 0 Å². The fourth-order valence-electron chi connectivity index (χ4n) is 2.93. The Balaban J connectivity index is 1.60. The van der Waals surface area contributed by atoms with Crippen molar-refractivity contribution in [3.63, 3.8) is 0 Å². The minimum Gasteiger partial charge on any atom is -0.486 e. The molecular weight excluding hydrogens is 426 g/mol. The molecule has 3 aromatic rings. The number of anilines is 1. The molecule has 0 saturated carbocycles. The van der Waals surface area contributed by atoms with E-state index in [-0.39, 0.29) is 18.3 Å². The van der Waals surface area contributed by atoms with E-state index in [1.807, 2.05) is 24.3 Å². The van der Waals surface area contributed by atoms with E-state index in [4.69, 9.17) is 10.6 Å². The molecule has 3 rings (SSSR count). The average Bonchev–Trinajstić information content (AvgIpc) is 3.11. The van der Waals surface area contributed by atoms with Gasteiger partial charge in [-0.05, 0) is 49.6 Å². The van der Waals surface area contributed by atoms with Crippen molar-refractivity contribution in [3.8, 4) is 5.75 Å². The number of Topliss-reactive ketones (excluding diaryl/α,β-unsaturated/α-hetero) is 1. The van der Waals surface area contributed by atoms with E-state index in [1.165, 1.54) is 28.9 Å². The number of thioether (sulfide) groups is 1. The Morgan fingerprint density at radius 3 is 2.44 bits per heavy atom. The Morgan fingerprint density at radius 1 is 1.09 bits per heavy atom. The Morgan fingerprint density at radius 2 is 1.78 bits per heavy atom. The summed E-state index contributed by atoms with van der Waals surface area (Å²) in [6.07, 6.45) is 0. The van der Waals surface area contributed by atoms with Crippen molar-refractivity contribution >= 4 is 29.1 Å². The van der Waals surface area contributed by atoms with Gasteiger partial charge < -0.3 is 15.9 Å². The fraction of sp³-hybridized carbons (Fsp3) is 0.304. The van der Waals surface area contributed by atoms with Gasteiger partial charge in [-0.15, -0.1) is 10.2 Å². The van der Waals surface area contributed by atoms with Crippen molar-refractivity contribution < 1.29 is 14.3 Å². The second-order valence-corrected chi connectivity index (χ2v) is 8.94.